The van der Waals surface area contributed by atoms with Gasteiger partial charge in [0, 0.05) is 27.4 Å². The van der Waals surface area contributed by atoms with E-state index in [0.29, 0.717) is 19.1 Å². The van der Waals surface area contributed by atoms with Crippen LogP contribution in [0.5, 0.6) is 0 Å². The molecule has 7 nitrogen and oxygen atoms in total. The van der Waals surface area contributed by atoms with E-state index in [1.54, 1.807) is 7.11 Å². The summed E-state index contributed by atoms with van der Waals surface area (Å²) in [4.78, 5) is 30.9. The second-order valence-electron chi connectivity index (χ2n) is 10.9. The van der Waals surface area contributed by atoms with Gasteiger partial charge < -0.3 is 19.7 Å². The summed E-state index contributed by atoms with van der Waals surface area (Å²) in [5.41, 5.74) is -0.565. The van der Waals surface area contributed by atoms with Gasteiger partial charge in [0.15, 0.2) is 0 Å². The third-order valence-corrected chi connectivity index (χ3v) is 7.41. The molecule has 194 valence electrons. The highest BCUT2D eigenvalue weighted by molar-refractivity contribution is 5.92. The SMILES string of the molecule is CCC(C)C(C(CCOCC(C)C)OC)N(C)C(=O)C(NC(=O)C1(C)CCCN1C)C(C)C. The van der Waals surface area contributed by atoms with Gasteiger partial charge in [-0.05, 0) is 57.5 Å². The molecule has 0 aromatic carbocycles. The molecule has 0 bridgehead atoms. The summed E-state index contributed by atoms with van der Waals surface area (Å²) in [7, 11) is 5.54. The van der Waals surface area contributed by atoms with Crippen molar-refractivity contribution < 1.29 is 19.1 Å². The predicted octanol–water partition coefficient (Wildman–Crippen LogP) is 3.56. The second-order valence-corrected chi connectivity index (χ2v) is 10.9. The molecule has 33 heavy (non-hydrogen) atoms. The Bertz CT molecular complexity index is 612. The molecule has 5 unspecified atom stereocenters. The molecule has 0 aromatic rings. The van der Waals surface area contributed by atoms with Gasteiger partial charge in [-0.25, -0.2) is 0 Å². The lowest BCUT2D eigenvalue weighted by Crippen LogP contribution is -2.61. The Hall–Kier alpha value is -1.18. The fourth-order valence-electron chi connectivity index (χ4n) is 4.75. The van der Waals surface area contributed by atoms with Crippen molar-refractivity contribution >= 4 is 11.8 Å². The van der Waals surface area contributed by atoms with Crippen LogP contribution in [0, 0.1) is 17.8 Å². The highest BCUT2D eigenvalue weighted by Gasteiger charge is 2.43. The van der Waals surface area contributed by atoms with E-state index in [-0.39, 0.29) is 35.8 Å². The summed E-state index contributed by atoms with van der Waals surface area (Å²) in [5, 5.41) is 3.11. The van der Waals surface area contributed by atoms with E-state index in [1.807, 2.05) is 39.8 Å². The first kappa shape index (κ1) is 29.9. The topological polar surface area (TPSA) is 71.1 Å². The average Bonchev–Trinajstić information content (AvgIpc) is 3.11. The molecule has 1 N–H and O–H groups in total. The third-order valence-electron chi connectivity index (χ3n) is 7.41. The smallest absolute Gasteiger partial charge is 0.245 e. The van der Waals surface area contributed by atoms with E-state index >= 15 is 0 Å². The Kier molecular flexibility index (Phi) is 12.3. The largest absolute Gasteiger partial charge is 0.381 e. The van der Waals surface area contributed by atoms with Crippen LogP contribution in [-0.4, -0.2) is 86.3 Å². The predicted molar refractivity (Wildman–Crippen MR) is 134 cm³/mol. The molecule has 1 aliphatic rings. The van der Waals surface area contributed by atoms with Crippen molar-refractivity contribution in [3.63, 3.8) is 0 Å². The zero-order valence-corrected chi connectivity index (χ0v) is 22.9. The van der Waals surface area contributed by atoms with Gasteiger partial charge in [0.25, 0.3) is 0 Å². The van der Waals surface area contributed by atoms with E-state index in [4.69, 9.17) is 9.47 Å². The molecule has 2 amide bonds. The number of rotatable bonds is 14. The first-order valence-electron chi connectivity index (χ1n) is 12.8. The second kappa shape index (κ2) is 13.6. The molecule has 7 heteroatoms. The Morgan fingerprint density at radius 2 is 1.82 bits per heavy atom. The number of carbonyl (C=O) groups is 2. The van der Waals surface area contributed by atoms with Crippen LogP contribution in [0.1, 0.15) is 74.1 Å². The molecule has 1 saturated heterocycles. The summed E-state index contributed by atoms with van der Waals surface area (Å²) < 4.78 is 11.7. The van der Waals surface area contributed by atoms with Gasteiger partial charge in [-0.1, -0.05) is 48.0 Å². The van der Waals surface area contributed by atoms with Crippen molar-refractivity contribution in [1.82, 2.24) is 15.1 Å². The quantitative estimate of drug-likeness (QED) is 0.394. The summed E-state index contributed by atoms with van der Waals surface area (Å²) >= 11 is 0. The minimum atomic E-state index is -0.574. The fraction of sp³-hybridized carbons (Fsp3) is 0.923. The first-order valence-corrected chi connectivity index (χ1v) is 12.8. The van der Waals surface area contributed by atoms with E-state index in [0.717, 1.165) is 32.2 Å². The molecule has 1 aliphatic heterocycles. The van der Waals surface area contributed by atoms with Crippen molar-refractivity contribution in [2.24, 2.45) is 17.8 Å². The molecule has 1 heterocycles. The Balaban J connectivity index is 3.01. The van der Waals surface area contributed by atoms with Crippen LogP contribution in [0.25, 0.3) is 0 Å². The molecular formula is C26H51N3O4. The van der Waals surface area contributed by atoms with Crippen LogP contribution in [-0.2, 0) is 19.1 Å². The number of nitrogens with one attached hydrogen (secondary N) is 1. The lowest BCUT2D eigenvalue weighted by atomic mass is 9.90. The Labute approximate surface area is 202 Å². The number of amides is 2. The number of likely N-dealkylation sites (tertiary alicyclic amines) is 1. The van der Waals surface area contributed by atoms with Crippen molar-refractivity contribution in [3.8, 4) is 0 Å². The van der Waals surface area contributed by atoms with Gasteiger partial charge in [-0.3, -0.25) is 14.5 Å². The minimum Gasteiger partial charge on any atom is -0.381 e. The average molecular weight is 470 g/mol. The Morgan fingerprint density at radius 3 is 2.27 bits per heavy atom. The molecule has 1 rings (SSSR count). The number of nitrogens with zero attached hydrogens (tertiary/aromatic N) is 2. The van der Waals surface area contributed by atoms with Gasteiger partial charge >= 0.3 is 0 Å². The first-order chi connectivity index (χ1) is 15.4. The van der Waals surface area contributed by atoms with E-state index in [1.165, 1.54) is 0 Å². The highest BCUT2D eigenvalue weighted by Crippen LogP contribution is 2.28. The maximum Gasteiger partial charge on any atom is 0.245 e. The maximum atomic E-state index is 13.7. The lowest BCUT2D eigenvalue weighted by Gasteiger charge is -2.40. The maximum absolute atomic E-state index is 13.7. The lowest BCUT2D eigenvalue weighted by molar-refractivity contribution is -0.144. The van der Waals surface area contributed by atoms with Crippen LogP contribution in [0.15, 0.2) is 0 Å². The third kappa shape index (κ3) is 7.93. The highest BCUT2D eigenvalue weighted by atomic mass is 16.5. The van der Waals surface area contributed by atoms with Crippen LogP contribution in [0.3, 0.4) is 0 Å². The van der Waals surface area contributed by atoms with Gasteiger partial charge in [0.2, 0.25) is 11.8 Å². The number of ether oxygens (including phenoxy) is 2. The Morgan fingerprint density at radius 1 is 1.18 bits per heavy atom. The molecular weight excluding hydrogens is 418 g/mol. The summed E-state index contributed by atoms with van der Waals surface area (Å²) in [6.07, 6.45) is 3.31. The number of carbonyl (C=O) groups excluding carboxylic acids is 2. The zero-order valence-electron chi connectivity index (χ0n) is 22.9. The zero-order chi connectivity index (χ0) is 25.3. The summed E-state index contributed by atoms with van der Waals surface area (Å²) in [6.45, 7) is 16.7. The number of hydrogen-bond acceptors (Lipinski definition) is 5. The number of hydrogen-bond donors (Lipinski definition) is 1. The van der Waals surface area contributed by atoms with Crippen molar-refractivity contribution in [2.75, 3.05) is 41.0 Å². The van der Waals surface area contributed by atoms with Crippen molar-refractivity contribution in [3.05, 3.63) is 0 Å². The molecule has 0 aromatic heterocycles. The van der Waals surface area contributed by atoms with Crippen LogP contribution in [0.2, 0.25) is 0 Å². The number of likely N-dealkylation sites (N-methyl/N-ethyl adjacent to an activating group) is 2. The molecule has 5 atom stereocenters. The van der Waals surface area contributed by atoms with E-state index < -0.39 is 11.6 Å². The van der Waals surface area contributed by atoms with Crippen LogP contribution < -0.4 is 5.32 Å². The normalized spacial score (nSPS) is 22.9. The standard InChI is InChI=1S/C26H51N3O4/c1-11-20(6)23(21(32-10)13-16-33-17-18(2)3)29(9)24(30)22(19(4)5)27-25(31)26(7)14-12-15-28(26)8/h18-23H,11-17H2,1-10H3,(H,27,31). The minimum absolute atomic E-state index is 0.0211. The van der Waals surface area contributed by atoms with Crippen molar-refractivity contribution in [1.29, 1.82) is 0 Å². The summed E-state index contributed by atoms with van der Waals surface area (Å²) in [5.74, 6) is 0.589. The van der Waals surface area contributed by atoms with E-state index in [9.17, 15) is 9.59 Å². The van der Waals surface area contributed by atoms with E-state index in [2.05, 4.69) is 37.9 Å². The molecule has 0 saturated carbocycles. The van der Waals surface area contributed by atoms with Gasteiger partial charge in [0.1, 0.15) is 6.04 Å². The van der Waals surface area contributed by atoms with Crippen LogP contribution >= 0.6 is 0 Å². The molecule has 0 radical (unpaired) electrons. The fourth-order valence-corrected chi connectivity index (χ4v) is 4.75. The number of methoxy groups -OCH3 is 1. The molecule has 1 fully saturated rings. The van der Waals surface area contributed by atoms with Crippen LogP contribution in [0.4, 0.5) is 0 Å². The molecule has 0 spiro atoms. The van der Waals surface area contributed by atoms with Gasteiger partial charge in [-0.15, -0.1) is 0 Å². The monoisotopic (exact) mass is 469 g/mol. The molecule has 0 aliphatic carbocycles. The summed E-state index contributed by atoms with van der Waals surface area (Å²) in [6, 6.07) is -0.673. The van der Waals surface area contributed by atoms with Gasteiger partial charge in [0.05, 0.1) is 17.7 Å². The van der Waals surface area contributed by atoms with Crippen molar-refractivity contribution in [2.45, 2.75) is 97.9 Å². The van der Waals surface area contributed by atoms with Gasteiger partial charge in [-0.2, -0.15) is 0 Å².